The summed E-state index contributed by atoms with van der Waals surface area (Å²) in [5.74, 6) is -0.0973. The Balaban J connectivity index is 1.48. The van der Waals surface area contributed by atoms with Gasteiger partial charge >= 0.3 is 6.03 Å². The highest BCUT2D eigenvalue weighted by atomic mass is 32.1. The van der Waals surface area contributed by atoms with Crippen molar-refractivity contribution in [3.63, 3.8) is 0 Å². The molecule has 1 aliphatic rings. The molecule has 0 spiro atoms. The van der Waals surface area contributed by atoms with Gasteiger partial charge in [-0.3, -0.25) is 4.79 Å². The number of aromatic nitrogens is 1. The summed E-state index contributed by atoms with van der Waals surface area (Å²) in [5, 5.41) is 6.38. The van der Waals surface area contributed by atoms with Crippen LogP contribution in [0.15, 0.2) is 24.3 Å². The van der Waals surface area contributed by atoms with Crippen molar-refractivity contribution in [2.75, 3.05) is 18.0 Å². The summed E-state index contributed by atoms with van der Waals surface area (Å²) in [4.78, 5) is 31.3. The predicted molar refractivity (Wildman–Crippen MR) is 94.3 cm³/mol. The molecule has 0 fully saturated rings. The number of benzene rings is 1. The summed E-state index contributed by atoms with van der Waals surface area (Å²) >= 11 is 1.56. The Bertz CT molecular complexity index is 772. The second-order valence-electron chi connectivity index (χ2n) is 5.70. The molecule has 0 atom stereocenters. The Morgan fingerprint density at radius 3 is 2.79 bits per heavy atom. The maximum atomic E-state index is 12.3. The van der Waals surface area contributed by atoms with Crippen LogP contribution < -0.4 is 15.5 Å². The largest absolute Gasteiger partial charge is 0.333 e. The number of amides is 3. The van der Waals surface area contributed by atoms with E-state index in [4.69, 9.17) is 0 Å². The fraction of sp³-hybridized carbons (Fsp3) is 0.353. The van der Waals surface area contributed by atoms with E-state index in [-0.39, 0.29) is 18.5 Å². The van der Waals surface area contributed by atoms with Gasteiger partial charge in [0.25, 0.3) is 0 Å². The summed E-state index contributed by atoms with van der Waals surface area (Å²) in [6, 6.07) is 7.52. The summed E-state index contributed by atoms with van der Waals surface area (Å²) in [6.07, 6.45) is 0.859. The number of para-hydroxylation sites is 1. The van der Waals surface area contributed by atoms with Crippen molar-refractivity contribution >= 4 is 29.0 Å². The van der Waals surface area contributed by atoms with Crippen molar-refractivity contribution in [3.8, 4) is 0 Å². The Hall–Kier alpha value is -2.41. The molecule has 7 heteroatoms. The first-order valence-corrected chi connectivity index (χ1v) is 8.69. The van der Waals surface area contributed by atoms with Crippen LogP contribution in [0.2, 0.25) is 0 Å². The molecule has 2 aromatic rings. The average molecular weight is 344 g/mol. The molecule has 3 rings (SSSR count). The van der Waals surface area contributed by atoms with Crippen LogP contribution in [0, 0.1) is 13.8 Å². The maximum absolute atomic E-state index is 12.3. The first kappa shape index (κ1) is 16.4. The number of anilines is 1. The molecular weight excluding hydrogens is 324 g/mol. The van der Waals surface area contributed by atoms with E-state index in [1.165, 1.54) is 5.56 Å². The lowest BCUT2D eigenvalue weighted by Gasteiger charge is -2.17. The third-order valence-corrected chi connectivity index (χ3v) is 5.07. The number of aryl methyl sites for hydroxylation is 2. The Morgan fingerprint density at radius 2 is 2.04 bits per heavy atom. The van der Waals surface area contributed by atoms with Crippen LogP contribution in [0.5, 0.6) is 0 Å². The highest BCUT2D eigenvalue weighted by Gasteiger charge is 2.24. The number of carbonyl (C=O) groups is 2. The van der Waals surface area contributed by atoms with Crippen molar-refractivity contribution in [1.82, 2.24) is 15.6 Å². The van der Waals surface area contributed by atoms with Crippen LogP contribution in [0.3, 0.4) is 0 Å². The minimum absolute atomic E-state index is 0.0130. The van der Waals surface area contributed by atoms with E-state index in [0.29, 0.717) is 13.1 Å². The first-order valence-electron chi connectivity index (χ1n) is 7.87. The molecule has 3 amide bonds. The van der Waals surface area contributed by atoms with Gasteiger partial charge in [0.05, 0.1) is 23.8 Å². The standard InChI is InChI=1S/C17H20N4O2S/c1-11-15(24-12(2)20-11)9-18-17(23)19-10-16(22)21-8-7-13-5-3-4-6-14(13)21/h3-6H,7-10H2,1-2H3,(H2,18,19,23). The number of carbonyl (C=O) groups excluding carboxylic acids is 2. The zero-order valence-corrected chi connectivity index (χ0v) is 14.6. The third kappa shape index (κ3) is 3.56. The maximum Gasteiger partial charge on any atom is 0.315 e. The van der Waals surface area contributed by atoms with Crippen LogP contribution in [0.4, 0.5) is 10.5 Å². The van der Waals surface area contributed by atoms with Crippen molar-refractivity contribution in [2.45, 2.75) is 26.8 Å². The van der Waals surface area contributed by atoms with E-state index in [2.05, 4.69) is 15.6 Å². The monoisotopic (exact) mass is 344 g/mol. The number of hydrogen-bond donors (Lipinski definition) is 2. The van der Waals surface area contributed by atoms with Crippen LogP contribution >= 0.6 is 11.3 Å². The van der Waals surface area contributed by atoms with Gasteiger partial charge in [-0.25, -0.2) is 9.78 Å². The van der Waals surface area contributed by atoms with Gasteiger partial charge < -0.3 is 15.5 Å². The number of rotatable bonds is 4. The summed E-state index contributed by atoms with van der Waals surface area (Å²) in [6.45, 7) is 4.94. The van der Waals surface area contributed by atoms with Gasteiger partial charge in [-0.2, -0.15) is 0 Å². The zero-order valence-electron chi connectivity index (χ0n) is 13.8. The molecule has 0 aliphatic carbocycles. The molecule has 0 saturated carbocycles. The predicted octanol–water partition coefficient (Wildman–Crippen LogP) is 2.15. The normalized spacial score (nSPS) is 12.8. The lowest BCUT2D eigenvalue weighted by molar-refractivity contribution is -0.117. The molecule has 24 heavy (non-hydrogen) atoms. The average Bonchev–Trinajstić information content (AvgIpc) is 3.13. The molecule has 6 nitrogen and oxygen atoms in total. The van der Waals surface area contributed by atoms with E-state index >= 15 is 0 Å². The topological polar surface area (TPSA) is 74.3 Å². The molecule has 0 bridgehead atoms. The zero-order chi connectivity index (χ0) is 17.1. The van der Waals surface area contributed by atoms with Gasteiger partial charge in [0.2, 0.25) is 5.91 Å². The molecule has 2 heterocycles. The van der Waals surface area contributed by atoms with Crippen LogP contribution in [0.25, 0.3) is 0 Å². The van der Waals surface area contributed by atoms with E-state index in [1.807, 2.05) is 38.1 Å². The highest BCUT2D eigenvalue weighted by Crippen LogP contribution is 2.27. The number of nitrogens with zero attached hydrogens (tertiary/aromatic N) is 2. The minimum atomic E-state index is -0.346. The molecular formula is C17H20N4O2S. The Kier molecular flexibility index (Phi) is 4.80. The molecule has 0 unspecified atom stereocenters. The van der Waals surface area contributed by atoms with Crippen LogP contribution in [-0.4, -0.2) is 30.0 Å². The number of hydrogen-bond acceptors (Lipinski definition) is 4. The molecule has 0 saturated heterocycles. The van der Waals surface area contributed by atoms with Gasteiger partial charge in [0.15, 0.2) is 0 Å². The summed E-state index contributed by atoms with van der Waals surface area (Å²) < 4.78 is 0. The minimum Gasteiger partial charge on any atom is -0.333 e. The second kappa shape index (κ2) is 7.00. The van der Waals surface area contributed by atoms with E-state index < -0.39 is 0 Å². The number of urea groups is 1. The van der Waals surface area contributed by atoms with Crippen LogP contribution in [-0.2, 0) is 17.8 Å². The number of nitrogens with one attached hydrogen (secondary N) is 2. The van der Waals surface area contributed by atoms with E-state index in [9.17, 15) is 9.59 Å². The van der Waals surface area contributed by atoms with Gasteiger partial charge in [-0.1, -0.05) is 18.2 Å². The van der Waals surface area contributed by atoms with Crippen molar-refractivity contribution in [2.24, 2.45) is 0 Å². The van der Waals surface area contributed by atoms with Gasteiger partial charge in [0, 0.05) is 17.1 Å². The second-order valence-corrected chi connectivity index (χ2v) is 6.99. The fourth-order valence-electron chi connectivity index (χ4n) is 2.81. The SMILES string of the molecule is Cc1nc(C)c(CNC(=O)NCC(=O)N2CCc3ccccc32)s1. The van der Waals surface area contributed by atoms with Crippen LogP contribution in [0.1, 0.15) is 21.1 Å². The quantitative estimate of drug-likeness (QED) is 0.892. The molecule has 1 aliphatic heterocycles. The molecule has 0 radical (unpaired) electrons. The summed E-state index contributed by atoms with van der Waals surface area (Å²) in [5.41, 5.74) is 3.05. The number of fused-ring (bicyclic) bond motifs is 1. The van der Waals surface area contributed by atoms with Crippen molar-refractivity contribution in [1.29, 1.82) is 0 Å². The lowest BCUT2D eigenvalue weighted by atomic mass is 10.2. The van der Waals surface area contributed by atoms with Crippen molar-refractivity contribution in [3.05, 3.63) is 45.4 Å². The highest BCUT2D eigenvalue weighted by molar-refractivity contribution is 7.11. The van der Waals surface area contributed by atoms with Crippen molar-refractivity contribution < 1.29 is 9.59 Å². The van der Waals surface area contributed by atoms with E-state index in [0.717, 1.165) is 27.7 Å². The first-order chi connectivity index (χ1) is 11.5. The smallest absolute Gasteiger partial charge is 0.315 e. The van der Waals surface area contributed by atoms with Gasteiger partial charge in [-0.05, 0) is 31.9 Å². The van der Waals surface area contributed by atoms with Gasteiger partial charge in [0.1, 0.15) is 0 Å². The molecule has 1 aromatic heterocycles. The molecule has 2 N–H and O–H groups in total. The summed E-state index contributed by atoms with van der Waals surface area (Å²) in [7, 11) is 0. The van der Waals surface area contributed by atoms with E-state index in [1.54, 1.807) is 16.2 Å². The molecule has 1 aromatic carbocycles. The molecule has 126 valence electrons. The third-order valence-electron chi connectivity index (χ3n) is 4.00. The number of thiazole rings is 1. The Morgan fingerprint density at radius 1 is 1.25 bits per heavy atom. The Labute approximate surface area is 144 Å². The fourth-order valence-corrected chi connectivity index (χ4v) is 3.69. The lowest BCUT2D eigenvalue weighted by Crippen LogP contribution is -2.43. The van der Waals surface area contributed by atoms with Gasteiger partial charge in [-0.15, -0.1) is 11.3 Å².